The minimum Gasteiger partial charge on any atom is -0.493 e. The summed E-state index contributed by atoms with van der Waals surface area (Å²) in [4.78, 5) is 12.7. The maximum absolute atomic E-state index is 13.0. The number of methoxy groups -OCH3 is 2. The number of hydrogen-bond acceptors (Lipinski definition) is 7. The Morgan fingerprint density at radius 1 is 1.13 bits per heavy atom. The Morgan fingerprint density at radius 2 is 1.83 bits per heavy atom. The van der Waals surface area contributed by atoms with E-state index in [1.165, 1.54) is 26.4 Å². The minimum absolute atomic E-state index is 0.132. The molecule has 2 aromatic carbocycles. The van der Waals surface area contributed by atoms with Crippen molar-refractivity contribution in [1.29, 1.82) is 0 Å². The highest BCUT2D eigenvalue weighted by atomic mass is 32.2. The van der Waals surface area contributed by atoms with Crippen molar-refractivity contribution in [2.24, 2.45) is 5.92 Å². The number of nitrogens with one attached hydrogen (secondary N) is 4. The Kier molecular flexibility index (Phi) is 6.75. The molecule has 1 amide bonds. The second-order valence-corrected chi connectivity index (χ2v) is 8.42. The number of carbonyl (C=O) groups is 1. The maximum atomic E-state index is 13.0. The molecule has 30 heavy (non-hydrogen) atoms. The standard InChI is InChI=1S/C19H23FN4O5S/c1-28-16-8-3-12(9-17(16)29-2)10-21-18(25)15-11-22-23-19(15)30(26,27)24-14-6-4-13(20)5-7-14/h3-9,15,19,22-24H,10-11H2,1-2H3,(H,21,25). The average molecular weight is 438 g/mol. The van der Waals surface area contributed by atoms with Gasteiger partial charge >= 0.3 is 0 Å². The molecule has 0 aromatic heterocycles. The van der Waals surface area contributed by atoms with Crippen molar-refractivity contribution in [1.82, 2.24) is 16.2 Å². The van der Waals surface area contributed by atoms with Crippen molar-refractivity contribution >= 4 is 21.6 Å². The largest absolute Gasteiger partial charge is 0.493 e. The molecule has 11 heteroatoms. The second kappa shape index (κ2) is 9.28. The normalized spacial score (nSPS) is 18.6. The van der Waals surface area contributed by atoms with Crippen LogP contribution in [0.3, 0.4) is 0 Å². The molecule has 2 unspecified atom stereocenters. The van der Waals surface area contributed by atoms with Gasteiger partial charge in [-0.15, -0.1) is 0 Å². The maximum Gasteiger partial charge on any atom is 0.250 e. The first-order valence-corrected chi connectivity index (χ1v) is 10.6. The molecule has 1 fully saturated rings. The summed E-state index contributed by atoms with van der Waals surface area (Å²) in [5, 5.41) is 1.55. The van der Waals surface area contributed by atoms with Crippen LogP contribution in [0.15, 0.2) is 42.5 Å². The molecule has 1 saturated heterocycles. The molecule has 3 rings (SSSR count). The van der Waals surface area contributed by atoms with Crippen LogP contribution in [0.5, 0.6) is 11.5 Å². The number of benzene rings is 2. The van der Waals surface area contributed by atoms with E-state index >= 15 is 0 Å². The molecular formula is C19H23FN4O5S. The summed E-state index contributed by atoms with van der Waals surface area (Å²) in [6.07, 6.45) is 0. The van der Waals surface area contributed by atoms with Crippen molar-refractivity contribution in [3.05, 3.63) is 53.8 Å². The molecule has 1 aliphatic rings. The number of sulfonamides is 1. The second-order valence-electron chi connectivity index (χ2n) is 6.61. The summed E-state index contributed by atoms with van der Waals surface area (Å²) in [6.45, 7) is 0.320. The van der Waals surface area contributed by atoms with Crippen molar-refractivity contribution < 1.29 is 27.1 Å². The quantitative estimate of drug-likeness (QED) is 0.485. The van der Waals surface area contributed by atoms with Gasteiger partial charge in [-0.1, -0.05) is 6.07 Å². The zero-order chi connectivity index (χ0) is 21.7. The molecule has 162 valence electrons. The zero-order valence-electron chi connectivity index (χ0n) is 16.4. The Balaban J connectivity index is 1.66. The van der Waals surface area contributed by atoms with Crippen LogP contribution >= 0.6 is 0 Å². The van der Waals surface area contributed by atoms with Gasteiger partial charge < -0.3 is 14.8 Å². The lowest BCUT2D eigenvalue weighted by atomic mass is 10.1. The third-order valence-electron chi connectivity index (χ3n) is 4.62. The summed E-state index contributed by atoms with van der Waals surface area (Å²) in [7, 11) is -0.925. The van der Waals surface area contributed by atoms with Crippen molar-refractivity contribution in [3.63, 3.8) is 0 Å². The van der Waals surface area contributed by atoms with Gasteiger partial charge in [0.15, 0.2) is 16.9 Å². The highest BCUT2D eigenvalue weighted by Gasteiger charge is 2.41. The Hall–Kier alpha value is -2.89. The number of amides is 1. The molecule has 0 aliphatic carbocycles. The molecule has 2 aromatic rings. The van der Waals surface area contributed by atoms with Crippen LogP contribution in [0.4, 0.5) is 10.1 Å². The van der Waals surface area contributed by atoms with E-state index in [9.17, 15) is 17.6 Å². The van der Waals surface area contributed by atoms with Gasteiger partial charge in [0.05, 0.1) is 20.1 Å². The van der Waals surface area contributed by atoms with Gasteiger partial charge in [0.2, 0.25) is 5.91 Å². The number of ether oxygens (including phenoxy) is 2. The first-order chi connectivity index (χ1) is 14.3. The molecule has 0 bridgehead atoms. The summed E-state index contributed by atoms with van der Waals surface area (Å²) in [5.41, 5.74) is 6.30. The summed E-state index contributed by atoms with van der Waals surface area (Å²) in [6, 6.07) is 10.1. The van der Waals surface area contributed by atoms with Crippen molar-refractivity contribution in [3.8, 4) is 11.5 Å². The summed E-state index contributed by atoms with van der Waals surface area (Å²) < 4.78 is 51.2. The van der Waals surface area contributed by atoms with E-state index < -0.39 is 33.0 Å². The van der Waals surface area contributed by atoms with Crippen LogP contribution in [-0.4, -0.2) is 40.5 Å². The molecule has 2 atom stereocenters. The fraction of sp³-hybridized carbons (Fsp3) is 0.316. The molecule has 1 heterocycles. The molecule has 1 aliphatic heterocycles. The summed E-state index contributed by atoms with van der Waals surface area (Å²) in [5.74, 6) is -0.696. The lowest BCUT2D eigenvalue weighted by Crippen LogP contribution is -2.46. The van der Waals surface area contributed by atoms with Gasteiger partial charge in [0, 0.05) is 18.8 Å². The van der Waals surface area contributed by atoms with E-state index in [-0.39, 0.29) is 18.8 Å². The van der Waals surface area contributed by atoms with Gasteiger partial charge in [-0.05, 0) is 42.0 Å². The third kappa shape index (κ3) is 4.99. The molecule has 0 spiro atoms. The first-order valence-electron chi connectivity index (χ1n) is 9.08. The number of hydrogen-bond donors (Lipinski definition) is 4. The van der Waals surface area contributed by atoms with Crippen LogP contribution in [0.1, 0.15) is 5.56 Å². The van der Waals surface area contributed by atoms with Gasteiger partial charge in [-0.2, -0.15) is 0 Å². The monoisotopic (exact) mass is 438 g/mol. The molecule has 0 saturated carbocycles. The van der Waals surface area contributed by atoms with Crippen LogP contribution < -0.4 is 30.4 Å². The van der Waals surface area contributed by atoms with Crippen LogP contribution in [0.25, 0.3) is 0 Å². The topological polar surface area (TPSA) is 118 Å². The van der Waals surface area contributed by atoms with E-state index in [0.717, 1.165) is 17.7 Å². The molecule has 9 nitrogen and oxygen atoms in total. The highest BCUT2D eigenvalue weighted by Crippen LogP contribution is 2.27. The van der Waals surface area contributed by atoms with Gasteiger partial charge in [0.1, 0.15) is 5.82 Å². The van der Waals surface area contributed by atoms with E-state index in [1.807, 2.05) is 0 Å². The summed E-state index contributed by atoms with van der Waals surface area (Å²) >= 11 is 0. The van der Waals surface area contributed by atoms with Crippen LogP contribution in [-0.2, 0) is 21.4 Å². The smallest absolute Gasteiger partial charge is 0.250 e. The third-order valence-corrected chi connectivity index (χ3v) is 6.26. The Labute approximate surface area is 174 Å². The Bertz CT molecular complexity index is 1000. The number of rotatable bonds is 8. The van der Waals surface area contributed by atoms with Crippen molar-refractivity contribution in [2.45, 2.75) is 11.9 Å². The predicted octanol–water partition coefficient (Wildman–Crippen LogP) is 0.951. The van der Waals surface area contributed by atoms with E-state index in [4.69, 9.17) is 9.47 Å². The fourth-order valence-electron chi connectivity index (χ4n) is 3.06. The number of carbonyl (C=O) groups excluding carboxylic acids is 1. The lowest BCUT2D eigenvalue weighted by Gasteiger charge is -2.19. The number of halogens is 1. The van der Waals surface area contributed by atoms with E-state index in [0.29, 0.717) is 11.5 Å². The predicted molar refractivity (Wildman–Crippen MR) is 109 cm³/mol. The highest BCUT2D eigenvalue weighted by molar-refractivity contribution is 7.93. The SMILES string of the molecule is COc1ccc(CNC(=O)C2CNNC2S(=O)(=O)Nc2ccc(F)cc2)cc1OC. The number of hydrazine groups is 1. The zero-order valence-corrected chi connectivity index (χ0v) is 17.3. The van der Waals surface area contributed by atoms with Gasteiger partial charge in [-0.3, -0.25) is 14.9 Å². The van der Waals surface area contributed by atoms with Crippen LogP contribution in [0.2, 0.25) is 0 Å². The molecule has 4 N–H and O–H groups in total. The van der Waals surface area contributed by atoms with Crippen LogP contribution in [0, 0.1) is 11.7 Å². The lowest BCUT2D eigenvalue weighted by molar-refractivity contribution is -0.124. The minimum atomic E-state index is -3.97. The van der Waals surface area contributed by atoms with E-state index in [1.54, 1.807) is 18.2 Å². The van der Waals surface area contributed by atoms with Crippen molar-refractivity contribution in [2.75, 3.05) is 25.5 Å². The number of anilines is 1. The molecule has 0 radical (unpaired) electrons. The Morgan fingerprint density at radius 3 is 2.50 bits per heavy atom. The average Bonchev–Trinajstić information content (AvgIpc) is 3.24. The molecular weight excluding hydrogens is 415 g/mol. The fourth-order valence-corrected chi connectivity index (χ4v) is 4.54. The van der Waals surface area contributed by atoms with Gasteiger partial charge in [-0.25, -0.2) is 18.2 Å². The van der Waals surface area contributed by atoms with E-state index in [2.05, 4.69) is 20.9 Å². The van der Waals surface area contributed by atoms with Gasteiger partial charge in [0.25, 0.3) is 10.0 Å². The first kappa shape index (κ1) is 21.8.